The fourth-order valence-corrected chi connectivity index (χ4v) is 4.79. The van der Waals surface area contributed by atoms with Crippen LogP contribution in [0.5, 0.6) is 5.75 Å². The van der Waals surface area contributed by atoms with Crippen molar-refractivity contribution in [3.63, 3.8) is 0 Å². The Balaban J connectivity index is 1.74. The zero-order valence-electron chi connectivity index (χ0n) is 17.8. The van der Waals surface area contributed by atoms with E-state index < -0.39 is 0 Å². The van der Waals surface area contributed by atoms with Crippen molar-refractivity contribution in [2.45, 2.75) is 33.2 Å². The largest absolute Gasteiger partial charge is 0.494 e. The van der Waals surface area contributed by atoms with Crippen molar-refractivity contribution < 1.29 is 4.74 Å². The topological polar surface area (TPSA) is 25.4 Å². The fraction of sp³-hybridized carbons (Fsp3) is 0.296. The fourth-order valence-electron chi connectivity index (χ4n) is 4.79. The maximum atomic E-state index is 5.65. The van der Waals surface area contributed by atoms with Crippen LogP contribution in [0.3, 0.4) is 0 Å². The lowest BCUT2D eigenvalue weighted by molar-refractivity contribution is 0.255. The second kappa shape index (κ2) is 8.08. The first kappa shape index (κ1) is 19.1. The number of pyridine rings is 1. The van der Waals surface area contributed by atoms with Crippen LogP contribution in [-0.4, -0.2) is 29.6 Å². The van der Waals surface area contributed by atoms with Gasteiger partial charge in [0.15, 0.2) is 0 Å². The molecule has 0 saturated carbocycles. The van der Waals surface area contributed by atoms with Gasteiger partial charge in [0.2, 0.25) is 0 Å². The number of fused-ring (bicyclic) bond motifs is 5. The van der Waals surface area contributed by atoms with Crippen LogP contribution < -0.4 is 4.74 Å². The van der Waals surface area contributed by atoms with Crippen molar-refractivity contribution in [2.24, 2.45) is 0 Å². The van der Waals surface area contributed by atoms with Gasteiger partial charge in [-0.05, 0) is 78.5 Å². The van der Waals surface area contributed by atoms with Crippen LogP contribution in [-0.2, 0) is 13.0 Å². The molecule has 0 unspecified atom stereocenters. The molecule has 0 bridgehead atoms. The Morgan fingerprint density at radius 3 is 2.57 bits per heavy atom. The van der Waals surface area contributed by atoms with Gasteiger partial charge < -0.3 is 4.74 Å². The lowest BCUT2D eigenvalue weighted by Crippen LogP contribution is -2.32. The molecule has 2 heterocycles. The summed E-state index contributed by atoms with van der Waals surface area (Å²) in [7, 11) is 0. The third-order valence-electron chi connectivity index (χ3n) is 6.13. The first-order chi connectivity index (χ1) is 14.8. The number of hydrogen-bond acceptors (Lipinski definition) is 3. The Morgan fingerprint density at radius 2 is 1.77 bits per heavy atom. The summed E-state index contributed by atoms with van der Waals surface area (Å²) in [5, 5.41) is 3.95. The zero-order chi connectivity index (χ0) is 20.5. The van der Waals surface area contributed by atoms with Gasteiger partial charge in [0.1, 0.15) is 5.75 Å². The van der Waals surface area contributed by atoms with E-state index in [1.54, 1.807) is 0 Å². The first-order valence-electron chi connectivity index (χ1n) is 11.1. The Labute approximate surface area is 178 Å². The number of hydrogen-bond donors (Lipinski definition) is 0. The zero-order valence-corrected chi connectivity index (χ0v) is 17.8. The van der Waals surface area contributed by atoms with Crippen molar-refractivity contribution in [1.29, 1.82) is 0 Å². The molecule has 1 aliphatic rings. The van der Waals surface area contributed by atoms with Gasteiger partial charge >= 0.3 is 0 Å². The number of ether oxygens (including phenoxy) is 1. The SMILES string of the molecule is CCCN1CCc2c(c(-c3ccc(OCC)cc3)nc3ccc4ccccc4c23)C1. The van der Waals surface area contributed by atoms with E-state index >= 15 is 0 Å². The molecule has 3 heteroatoms. The van der Waals surface area contributed by atoms with Gasteiger partial charge in [-0.25, -0.2) is 4.98 Å². The van der Waals surface area contributed by atoms with E-state index in [0.717, 1.165) is 43.0 Å². The third kappa shape index (κ3) is 3.33. The molecule has 0 spiro atoms. The Bertz CT molecular complexity index is 1200. The van der Waals surface area contributed by atoms with Crippen molar-refractivity contribution in [3.8, 4) is 17.0 Å². The average molecular weight is 397 g/mol. The molecular weight excluding hydrogens is 368 g/mol. The Hall–Kier alpha value is -2.91. The van der Waals surface area contributed by atoms with E-state index in [2.05, 4.69) is 72.5 Å². The number of rotatable bonds is 5. The highest BCUT2D eigenvalue weighted by atomic mass is 16.5. The smallest absolute Gasteiger partial charge is 0.119 e. The lowest BCUT2D eigenvalue weighted by atomic mass is 9.89. The molecule has 0 saturated heterocycles. The average Bonchev–Trinajstić information content (AvgIpc) is 2.79. The van der Waals surface area contributed by atoms with Gasteiger partial charge in [0.25, 0.3) is 0 Å². The molecule has 4 aromatic rings. The van der Waals surface area contributed by atoms with Crippen LogP contribution in [0.2, 0.25) is 0 Å². The van der Waals surface area contributed by atoms with E-state index in [9.17, 15) is 0 Å². The number of nitrogens with zero attached hydrogens (tertiary/aromatic N) is 2. The van der Waals surface area contributed by atoms with Crippen LogP contribution in [0.15, 0.2) is 60.7 Å². The van der Waals surface area contributed by atoms with Crippen LogP contribution in [0.25, 0.3) is 32.9 Å². The van der Waals surface area contributed by atoms with Crippen LogP contribution in [0.4, 0.5) is 0 Å². The van der Waals surface area contributed by atoms with Gasteiger partial charge in [-0.2, -0.15) is 0 Å². The van der Waals surface area contributed by atoms with Gasteiger partial charge in [-0.15, -0.1) is 0 Å². The molecule has 0 aliphatic carbocycles. The van der Waals surface area contributed by atoms with Crippen LogP contribution >= 0.6 is 0 Å². The summed E-state index contributed by atoms with van der Waals surface area (Å²) >= 11 is 0. The molecule has 1 aliphatic heterocycles. The predicted octanol–water partition coefficient (Wildman–Crippen LogP) is 6.22. The van der Waals surface area contributed by atoms with E-state index in [0.29, 0.717) is 6.61 Å². The van der Waals surface area contributed by atoms with Crippen molar-refractivity contribution >= 4 is 21.7 Å². The summed E-state index contributed by atoms with van der Waals surface area (Å²) in [6.45, 7) is 8.18. The second-order valence-electron chi connectivity index (χ2n) is 8.08. The van der Waals surface area contributed by atoms with Gasteiger partial charge in [-0.1, -0.05) is 37.3 Å². The molecule has 0 N–H and O–H groups in total. The molecule has 3 aromatic carbocycles. The lowest BCUT2D eigenvalue weighted by Gasteiger charge is -2.31. The minimum atomic E-state index is 0.683. The molecule has 5 rings (SSSR count). The second-order valence-corrected chi connectivity index (χ2v) is 8.08. The summed E-state index contributed by atoms with van der Waals surface area (Å²) in [6, 6.07) is 21.5. The summed E-state index contributed by atoms with van der Waals surface area (Å²) in [6.07, 6.45) is 2.25. The number of aromatic nitrogens is 1. The van der Waals surface area contributed by atoms with Crippen molar-refractivity contribution in [2.75, 3.05) is 19.7 Å². The van der Waals surface area contributed by atoms with E-state index in [-0.39, 0.29) is 0 Å². The highest BCUT2D eigenvalue weighted by Gasteiger charge is 2.24. The molecule has 30 heavy (non-hydrogen) atoms. The Morgan fingerprint density at radius 1 is 0.933 bits per heavy atom. The van der Waals surface area contributed by atoms with Crippen molar-refractivity contribution in [1.82, 2.24) is 9.88 Å². The maximum absolute atomic E-state index is 5.65. The quantitative estimate of drug-likeness (QED) is 0.374. The predicted molar refractivity (Wildman–Crippen MR) is 125 cm³/mol. The summed E-state index contributed by atoms with van der Waals surface area (Å²) in [5.74, 6) is 0.912. The minimum Gasteiger partial charge on any atom is -0.494 e. The molecule has 0 fully saturated rings. The minimum absolute atomic E-state index is 0.683. The molecular formula is C27H28N2O. The molecule has 0 atom stereocenters. The Kier molecular flexibility index (Phi) is 5.14. The third-order valence-corrected chi connectivity index (χ3v) is 6.13. The van der Waals surface area contributed by atoms with Gasteiger partial charge in [-0.3, -0.25) is 4.90 Å². The summed E-state index contributed by atoms with van der Waals surface area (Å²) < 4.78 is 5.65. The number of benzene rings is 3. The first-order valence-corrected chi connectivity index (χ1v) is 11.1. The maximum Gasteiger partial charge on any atom is 0.119 e. The highest BCUT2D eigenvalue weighted by Crippen LogP contribution is 2.37. The molecule has 0 amide bonds. The standard InChI is InChI=1S/C27H28N2O/c1-3-16-29-17-15-23-24(18-29)27(20-9-12-21(13-10-20)30-4-2)28-25-14-11-19-7-5-6-8-22(19)26(23)25/h5-14H,3-4,15-18H2,1-2H3. The molecule has 1 aromatic heterocycles. The highest BCUT2D eigenvalue weighted by molar-refractivity contribution is 6.09. The summed E-state index contributed by atoms with van der Waals surface area (Å²) in [5.41, 5.74) is 6.26. The van der Waals surface area contributed by atoms with Crippen LogP contribution in [0.1, 0.15) is 31.4 Å². The van der Waals surface area contributed by atoms with E-state index in [1.807, 2.05) is 6.92 Å². The summed E-state index contributed by atoms with van der Waals surface area (Å²) in [4.78, 5) is 7.78. The van der Waals surface area contributed by atoms with Crippen molar-refractivity contribution in [3.05, 3.63) is 71.8 Å². The monoisotopic (exact) mass is 396 g/mol. The van der Waals surface area contributed by atoms with E-state index in [4.69, 9.17) is 9.72 Å². The molecule has 3 nitrogen and oxygen atoms in total. The molecule has 0 radical (unpaired) electrons. The van der Waals surface area contributed by atoms with Gasteiger partial charge in [0, 0.05) is 24.0 Å². The van der Waals surface area contributed by atoms with Crippen LogP contribution in [0, 0.1) is 0 Å². The van der Waals surface area contributed by atoms with E-state index in [1.165, 1.54) is 39.3 Å². The molecule has 152 valence electrons. The van der Waals surface area contributed by atoms with Gasteiger partial charge in [0.05, 0.1) is 17.8 Å². The normalized spacial score (nSPS) is 14.2.